The number of benzene rings is 3. The molecule has 3 aromatic rings. The van der Waals surface area contributed by atoms with E-state index in [2.05, 4.69) is 5.32 Å². The summed E-state index contributed by atoms with van der Waals surface area (Å²) in [6.45, 7) is 3.43. The zero-order chi connectivity index (χ0) is 30.3. The van der Waals surface area contributed by atoms with Gasteiger partial charge in [0.25, 0.3) is 10.0 Å². The van der Waals surface area contributed by atoms with Crippen LogP contribution in [0, 0.1) is 6.92 Å². The maximum Gasteiger partial charge on any atom is 0.264 e. The maximum atomic E-state index is 14.3. The summed E-state index contributed by atoms with van der Waals surface area (Å²) < 4.78 is 28.9. The highest BCUT2D eigenvalue weighted by molar-refractivity contribution is 7.92. The van der Waals surface area contributed by atoms with E-state index >= 15 is 0 Å². The van der Waals surface area contributed by atoms with E-state index in [1.54, 1.807) is 18.2 Å². The molecular formula is C32H37Cl2N3O4S. The largest absolute Gasteiger partial charge is 0.352 e. The summed E-state index contributed by atoms with van der Waals surface area (Å²) in [6, 6.07) is 19.3. The molecular weight excluding hydrogens is 593 g/mol. The number of aryl methyl sites for hydroxylation is 1. The number of nitrogens with zero attached hydrogens (tertiary/aromatic N) is 2. The monoisotopic (exact) mass is 629 g/mol. The highest BCUT2D eigenvalue weighted by Gasteiger charge is 2.34. The van der Waals surface area contributed by atoms with Crippen LogP contribution in [0.25, 0.3) is 0 Å². The molecule has 0 bridgehead atoms. The van der Waals surface area contributed by atoms with Gasteiger partial charge >= 0.3 is 0 Å². The number of halogens is 2. The van der Waals surface area contributed by atoms with Crippen LogP contribution in [0.2, 0.25) is 10.0 Å². The third-order valence-electron chi connectivity index (χ3n) is 7.74. The van der Waals surface area contributed by atoms with Crippen molar-refractivity contribution in [3.63, 3.8) is 0 Å². The van der Waals surface area contributed by atoms with Crippen molar-refractivity contribution in [3.05, 3.63) is 94.0 Å². The van der Waals surface area contributed by atoms with Gasteiger partial charge in [0, 0.05) is 12.6 Å². The average Bonchev–Trinajstić information content (AvgIpc) is 2.99. The molecule has 1 aliphatic carbocycles. The molecule has 1 atom stereocenters. The molecule has 1 aliphatic rings. The van der Waals surface area contributed by atoms with Crippen molar-refractivity contribution in [2.24, 2.45) is 0 Å². The topological polar surface area (TPSA) is 86.8 Å². The fourth-order valence-corrected chi connectivity index (χ4v) is 7.04. The first-order chi connectivity index (χ1) is 20.1. The average molecular weight is 631 g/mol. The lowest BCUT2D eigenvalue weighted by Crippen LogP contribution is -2.54. The fourth-order valence-electron chi connectivity index (χ4n) is 5.32. The van der Waals surface area contributed by atoms with Crippen LogP contribution < -0.4 is 9.62 Å². The molecule has 1 unspecified atom stereocenters. The lowest BCUT2D eigenvalue weighted by Gasteiger charge is -2.34. The number of amides is 2. The van der Waals surface area contributed by atoms with Crippen molar-refractivity contribution in [2.75, 3.05) is 10.8 Å². The quantitative estimate of drug-likeness (QED) is 0.254. The second-order valence-electron chi connectivity index (χ2n) is 10.6. The van der Waals surface area contributed by atoms with E-state index in [0.717, 1.165) is 47.5 Å². The molecule has 0 radical (unpaired) electrons. The number of rotatable bonds is 11. The lowest BCUT2D eigenvalue weighted by molar-refractivity contribution is -0.140. The summed E-state index contributed by atoms with van der Waals surface area (Å²) in [5.41, 5.74) is 2.04. The number of sulfonamides is 1. The zero-order valence-electron chi connectivity index (χ0n) is 23.9. The van der Waals surface area contributed by atoms with Gasteiger partial charge in [0.2, 0.25) is 11.8 Å². The van der Waals surface area contributed by atoms with Crippen LogP contribution in [0.3, 0.4) is 0 Å². The Balaban J connectivity index is 1.72. The van der Waals surface area contributed by atoms with Crippen molar-refractivity contribution >= 4 is 50.7 Å². The smallest absolute Gasteiger partial charge is 0.264 e. The van der Waals surface area contributed by atoms with Gasteiger partial charge in [0.1, 0.15) is 12.6 Å². The Morgan fingerprint density at radius 2 is 1.60 bits per heavy atom. The minimum absolute atomic E-state index is 0.0245. The molecule has 1 fully saturated rings. The van der Waals surface area contributed by atoms with E-state index in [-0.39, 0.29) is 39.1 Å². The van der Waals surface area contributed by atoms with Crippen molar-refractivity contribution < 1.29 is 18.0 Å². The van der Waals surface area contributed by atoms with Gasteiger partial charge in [-0.1, -0.05) is 91.9 Å². The maximum absolute atomic E-state index is 14.3. The summed E-state index contributed by atoms with van der Waals surface area (Å²) in [4.78, 5) is 29.4. The molecule has 0 spiro atoms. The summed E-state index contributed by atoms with van der Waals surface area (Å²) in [6.07, 6.45) is 5.46. The van der Waals surface area contributed by atoms with E-state index < -0.39 is 28.5 Å². The van der Waals surface area contributed by atoms with Crippen LogP contribution in [0.4, 0.5) is 5.69 Å². The zero-order valence-corrected chi connectivity index (χ0v) is 26.3. The first kappa shape index (κ1) is 31.9. The van der Waals surface area contributed by atoms with Crippen LogP contribution in [0.5, 0.6) is 0 Å². The molecule has 4 rings (SSSR count). The Bertz CT molecular complexity index is 1490. The Morgan fingerprint density at radius 1 is 0.929 bits per heavy atom. The SMILES string of the molecule is CCC(C(=O)NC1CCCCC1)N(Cc1ccccc1C)C(=O)CN(c1ccc(Cl)c(Cl)c1)S(=O)(=O)c1ccccc1. The highest BCUT2D eigenvalue weighted by atomic mass is 35.5. The summed E-state index contributed by atoms with van der Waals surface area (Å²) in [5, 5.41) is 3.58. The van der Waals surface area contributed by atoms with Crippen molar-refractivity contribution in [3.8, 4) is 0 Å². The van der Waals surface area contributed by atoms with Crippen LogP contribution >= 0.6 is 23.2 Å². The highest BCUT2D eigenvalue weighted by Crippen LogP contribution is 2.31. The van der Waals surface area contributed by atoms with Crippen molar-refractivity contribution in [2.45, 2.75) is 75.9 Å². The predicted octanol–water partition coefficient (Wildman–Crippen LogP) is 6.75. The number of carbonyl (C=O) groups is 2. The van der Waals surface area contributed by atoms with E-state index in [4.69, 9.17) is 23.2 Å². The van der Waals surface area contributed by atoms with E-state index in [1.807, 2.05) is 38.1 Å². The minimum atomic E-state index is -4.19. The van der Waals surface area contributed by atoms with Gasteiger partial charge in [-0.3, -0.25) is 13.9 Å². The number of anilines is 1. The van der Waals surface area contributed by atoms with Crippen molar-refractivity contribution in [1.82, 2.24) is 10.2 Å². The molecule has 1 saturated carbocycles. The van der Waals surface area contributed by atoms with Gasteiger partial charge in [-0.25, -0.2) is 8.42 Å². The summed E-state index contributed by atoms with van der Waals surface area (Å²) >= 11 is 12.4. The minimum Gasteiger partial charge on any atom is -0.352 e. The molecule has 0 aliphatic heterocycles. The molecule has 42 heavy (non-hydrogen) atoms. The summed E-state index contributed by atoms with van der Waals surface area (Å²) in [7, 11) is -4.19. The van der Waals surface area contributed by atoms with Gasteiger partial charge in [-0.15, -0.1) is 0 Å². The molecule has 3 aromatic carbocycles. The first-order valence-electron chi connectivity index (χ1n) is 14.3. The van der Waals surface area contributed by atoms with E-state index in [9.17, 15) is 18.0 Å². The number of nitrogens with one attached hydrogen (secondary N) is 1. The normalized spacial score (nSPS) is 14.7. The fraction of sp³-hybridized carbons (Fsp3) is 0.375. The van der Waals surface area contributed by atoms with Gasteiger partial charge in [-0.05, 0) is 67.6 Å². The molecule has 7 nitrogen and oxygen atoms in total. The molecule has 2 amide bonds. The van der Waals surface area contributed by atoms with E-state index in [0.29, 0.717) is 6.42 Å². The van der Waals surface area contributed by atoms with Gasteiger partial charge in [0.05, 0.1) is 20.6 Å². The Hall–Kier alpha value is -3.07. The van der Waals surface area contributed by atoms with E-state index in [1.165, 1.54) is 35.2 Å². The summed E-state index contributed by atoms with van der Waals surface area (Å²) in [5.74, 6) is -0.729. The number of hydrogen-bond acceptors (Lipinski definition) is 4. The Labute approximate surface area is 258 Å². The molecule has 0 aromatic heterocycles. The standard InChI is InChI=1S/C32H37Cl2N3O4S/c1-3-30(32(39)35-25-14-6-4-7-15-25)36(21-24-13-11-10-12-23(24)2)31(38)22-37(26-18-19-28(33)29(34)20-26)42(40,41)27-16-8-5-9-17-27/h5,8-13,16-20,25,30H,3-4,6-7,14-15,21-22H2,1-2H3,(H,35,39). The lowest BCUT2D eigenvalue weighted by atomic mass is 9.95. The third-order valence-corrected chi connectivity index (χ3v) is 10.3. The molecule has 224 valence electrons. The van der Waals surface area contributed by atoms with Crippen LogP contribution in [0.15, 0.2) is 77.7 Å². The number of carbonyl (C=O) groups excluding carboxylic acids is 2. The predicted molar refractivity (Wildman–Crippen MR) is 168 cm³/mol. The van der Waals surface area contributed by atoms with Gasteiger partial charge in [-0.2, -0.15) is 0 Å². The first-order valence-corrected chi connectivity index (χ1v) is 16.5. The van der Waals surface area contributed by atoms with Gasteiger partial charge in [0.15, 0.2) is 0 Å². The van der Waals surface area contributed by atoms with Crippen LogP contribution in [-0.2, 0) is 26.2 Å². The Kier molecular flexibility index (Phi) is 10.9. The molecule has 0 heterocycles. The second kappa shape index (κ2) is 14.4. The molecule has 10 heteroatoms. The van der Waals surface area contributed by atoms with Crippen LogP contribution in [-0.4, -0.2) is 43.8 Å². The van der Waals surface area contributed by atoms with Gasteiger partial charge < -0.3 is 10.2 Å². The van der Waals surface area contributed by atoms with Crippen molar-refractivity contribution in [1.29, 1.82) is 0 Å². The third kappa shape index (κ3) is 7.65. The Morgan fingerprint density at radius 3 is 2.24 bits per heavy atom. The van der Waals surface area contributed by atoms with Crippen LogP contribution in [0.1, 0.15) is 56.6 Å². The molecule has 1 N–H and O–H groups in total. The second-order valence-corrected chi connectivity index (χ2v) is 13.3. The molecule has 0 saturated heterocycles. The number of hydrogen-bond donors (Lipinski definition) is 1.